The highest BCUT2D eigenvalue weighted by Gasteiger charge is 2.13. The quantitative estimate of drug-likeness (QED) is 0.837. The number of likely N-dealkylation sites (tertiary alicyclic amines) is 1. The average molecular weight is 364 g/mol. The van der Waals surface area contributed by atoms with E-state index in [1.807, 2.05) is 17.7 Å². The molecule has 3 heterocycles. The summed E-state index contributed by atoms with van der Waals surface area (Å²) in [5.74, 6) is 0.874. The molecule has 1 saturated heterocycles. The summed E-state index contributed by atoms with van der Waals surface area (Å²) in [6.07, 6.45) is 7.51. The first-order valence-corrected chi connectivity index (χ1v) is 9.20. The maximum atomic E-state index is 8.00. The molecule has 0 aromatic carbocycles. The van der Waals surface area contributed by atoms with E-state index in [2.05, 4.69) is 39.1 Å². The summed E-state index contributed by atoms with van der Waals surface area (Å²) in [6, 6.07) is 0.347. The second-order valence-electron chi connectivity index (χ2n) is 6.34. The first-order valence-electron chi connectivity index (χ1n) is 9.20. The minimum absolute atomic E-state index is 0.250. The molecule has 1 fully saturated rings. The zero-order chi connectivity index (χ0) is 19.4. The maximum absolute atomic E-state index is 8.00. The number of aromatic nitrogens is 4. The van der Waals surface area contributed by atoms with Crippen molar-refractivity contribution >= 4 is 23.6 Å². The van der Waals surface area contributed by atoms with E-state index >= 15 is 0 Å². The molecule has 2 N–H and O–H groups in total. The molecule has 2 aromatic rings. The molecule has 0 spiro atoms. The lowest BCUT2D eigenvalue weighted by molar-refractivity contribution is -0.0979. The van der Waals surface area contributed by atoms with Crippen LogP contribution in [0.4, 0.5) is 5.82 Å². The highest BCUT2D eigenvalue weighted by atomic mass is 16.2. The molecule has 8 nitrogen and oxygen atoms in total. The fraction of sp³-hybridized carbons (Fsp3) is 0.667. The van der Waals surface area contributed by atoms with Gasteiger partial charge in [0.25, 0.3) is 0 Å². The Morgan fingerprint density at radius 3 is 2.46 bits per heavy atom. The highest BCUT2D eigenvalue weighted by molar-refractivity contribution is 5.86. The number of fused-ring (bicyclic) bond motifs is 1. The Morgan fingerprint density at radius 1 is 1.19 bits per heavy atom. The molecule has 26 heavy (non-hydrogen) atoms. The maximum Gasteiger partial charge on any atom is 0.163 e. The van der Waals surface area contributed by atoms with Crippen LogP contribution < -0.4 is 5.32 Å². The third-order valence-corrected chi connectivity index (χ3v) is 3.94. The van der Waals surface area contributed by atoms with E-state index in [4.69, 9.17) is 9.90 Å². The van der Waals surface area contributed by atoms with Crippen LogP contribution in [0, 0.1) is 0 Å². The van der Waals surface area contributed by atoms with Gasteiger partial charge in [0.2, 0.25) is 0 Å². The van der Waals surface area contributed by atoms with Crippen LogP contribution in [0.2, 0.25) is 0 Å². The molecule has 0 bridgehead atoms. The Morgan fingerprint density at radius 2 is 1.85 bits per heavy atom. The van der Waals surface area contributed by atoms with E-state index < -0.39 is 0 Å². The van der Waals surface area contributed by atoms with Gasteiger partial charge in [-0.3, -0.25) is 0 Å². The van der Waals surface area contributed by atoms with Gasteiger partial charge < -0.3 is 20.1 Å². The Balaban J connectivity index is 0.000000615. The van der Waals surface area contributed by atoms with Crippen LogP contribution in [0.25, 0.3) is 11.0 Å². The van der Waals surface area contributed by atoms with Crippen molar-refractivity contribution in [2.75, 3.05) is 31.6 Å². The van der Waals surface area contributed by atoms with Crippen LogP contribution >= 0.6 is 0 Å². The van der Waals surface area contributed by atoms with Crippen molar-refractivity contribution in [3.8, 4) is 0 Å². The number of carbonyl (C=O) groups excluding carboxylic acids is 1. The van der Waals surface area contributed by atoms with Gasteiger partial charge in [0, 0.05) is 19.2 Å². The number of hydrogen-bond donors (Lipinski definition) is 2. The monoisotopic (exact) mass is 364 g/mol. The number of carbonyl (C=O) groups is 1. The first-order chi connectivity index (χ1) is 12.7. The molecule has 1 aliphatic rings. The zero-order valence-corrected chi connectivity index (χ0v) is 16.2. The second kappa shape index (κ2) is 12.3. The van der Waals surface area contributed by atoms with E-state index in [1.54, 1.807) is 13.3 Å². The highest BCUT2D eigenvalue weighted by Crippen LogP contribution is 2.19. The topological polar surface area (TPSA) is 96.2 Å². The Hall–Kier alpha value is -2.06. The minimum Gasteiger partial charge on any atom is -0.397 e. The molecular formula is C18H32N6O2. The van der Waals surface area contributed by atoms with Crippen LogP contribution in [-0.2, 0) is 11.3 Å². The average Bonchev–Trinajstić information content (AvgIpc) is 3.07. The fourth-order valence-corrected chi connectivity index (χ4v) is 2.86. The van der Waals surface area contributed by atoms with E-state index in [0.29, 0.717) is 6.04 Å². The summed E-state index contributed by atoms with van der Waals surface area (Å²) in [5.41, 5.74) is 0.921. The van der Waals surface area contributed by atoms with Crippen LogP contribution in [0.1, 0.15) is 40.0 Å². The molecule has 0 saturated carbocycles. The lowest BCUT2D eigenvalue weighted by Crippen LogP contribution is -2.32. The van der Waals surface area contributed by atoms with E-state index in [-0.39, 0.29) is 6.61 Å². The molecule has 0 radical (unpaired) electrons. The number of rotatable bonds is 5. The summed E-state index contributed by atoms with van der Waals surface area (Å²) in [5, 5.41) is 16.4. The molecule has 3 rings (SSSR count). The summed E-state index contributed by atoms with van der Waals surface area (Å²) < 4.78 is 2.00. The molecular weight excluding hydrogens is 332 g/mol. The van der Waals surface area contributed by atoms with Crippen molar-refractivity contribution in [2.24, 2.45) is 0 Å². The van der Waals surface area contributed by atoms with Crippen LogP contribution in [0.5, 0.6) is 0 Å². The molecule has 0 unspecified atom stereocenters. The number of aliphatic hydroxyl groups is 1. The zero-order valence-electron chi connectivity index (χ0n) is 16.2. The van der Waals surface area contributed by atoms with Crippen molar-refractivity contribution < 1.29 is 9.90 Å². The summed E-state index contributed by atoms with van der Waals surface area (Å²) in [7, 11) is 0. The van der Waals surface area contributed by atoms with Gasteiger partial charge in [0.05, 0.1) is 18.1 Å². The Kier molecular flexibility index (Phi) is 10.4. The first kappa shape index (κ1) is 22.0. The van der Waals surface area contributed by atoms with E-state index in [9.17, 15) is 0 Å². The Bertz CT molecular complexity index is 625. The van der Waals surface area contributed by atoms with Crippen molar-refractivity contribution in [2.45, 2.75) is 52.6 Å². The van der Waals surface area contributed by atoms with Crippen molar-refractivity contribution in [3.05, 3.63) is 12.5 Å². The van der Waals surface area contributed by atoms with Gasteiger partial charge in [-0.1, -0.05) is 6.42 Å². The standard InChI is InChI=1S/C15H24N6.C2H6O.CH2O/c1-12(2)19-14-13-10-18-21(15(13)17-11-16-14)9-8-20-6-4-3-5-7-20;1-2-3;1-2/h10-12H,3-9H2,1-2H3,(H,16,17,19);3H,2H2,1H3;1H2. The number of anilines is 1. The molecule has 1 aliphatic heterocycles. The largest absolute Gasteiger partial charge is 0.397 e. The van der Waals surface area contributed by atoms with Gasteiger partial charge in [0.1, 0.15) is 18.9 Å². The molecule has 146 valence electrons. The third kappa shape index (κ3) is 6.68. The number of piperidine rings is 1. The SMILES string of the molecule is C=O.CC(C)Nc1ncnc2c1cnn2CCN1CCCCC1.CCO. The van der Waals surface area contributed by atoms with E-state index in [0.717, 1.165) is 29.9 Å². The smallest absolute Gasteiger partial charge is 0.163 e. The van der Waals surface area contributed by atoms with Gasteiger partial charge in [-0.05, 0) is 46.7 Å². The van der Waals surface area contributed by atoms with Crippen LogP contribution in [-0.4, -0.2) is 68.8 Å². The Labute approximate surface area is 155 Å². The van der Waals surface area contributed by atoms with Crippen molar-refractivity contribution in [1.82, 2.24) is 24.6 Å². The lowest BCUT2D eigenvalue weighted by Gasteiger charge is -2.26. The van der Waals surface area contributed by atoms with Crippen LogP contribution in [0.3, 0.4) is 0 Å². The summed E-state index contributed by atoms with van der Waals surface area (Å²) in [6.45, 7) is 12.5. The number of nitrogens with one attached hydrogen (secondary N) is 1. The summed E-state index contributed by atoms with van der Waals surface area (Å²) in [4.78, 5) is 19.2. The minimum atomic E-state index is 0.250. The van der Waals surface area contributed by atoms with Gasteiger partial charge >= 0.3 is 0 Å². The van der Waals surface area contributed by atoms with Gasteiger partial charge in [-0.2, -0.15) is 5.10 Å². The molecule has 0 atom stereocenters. The second-order valence-corrected chi connectivity index (χ2v) is 6.34. The molecule has 0 aliphatic carbocycles. The number of hydrogen-bond acceptors (Lipinski definition) is 7. The molecule has 2 aromatic heterocycles. The van der Waals surface area contributed by atoms with E-state index in [1.165, 1.54) is 32.4 Å². The summed E-state index contributed by atoms with van der Waals surface area (Å²) >= 11 is 0. The number of nitrogens with zero attached hydrogens (tertiary/aromatic N) is 5. The van der Waals surface area contributed by atoms with Crippen molar-refractivity contribution in [3.63, 3.8) is 0 Å². The number of aliphatic hydroxyl groups excluding tert-OH is 1. The molecule has 0 amide bonds. The lowest BCUT2D eigenvalue weighted by atomic mass is 10.1. The van der Waals surface area contributed by atoms with Gasteiger partial charge in [-0.25, -0.2) is 14.6 Å². The fourth-order valence-electron chi connectivity index (χ4n) is 2.86. The van der Waals surface area contributed by atoms with Crippen molar-refractivity contribution in [1.29, 1.82) is 0 Å². The third-order valence-electron chi connectivity index (χ3n) is 3.94. The van der Waals surface area contributed by atoms with Gasteiger partial charge in [0.15, 0.2) is 5.65 Å². The predicted octanol–water partition coefficient (Wildman–Crippen LogP) is 1.95. The predicted molar refractivity (Wildman–Crippen MR) is 104 cm³/mol. The normalized spacial score (nSPS) is 14.3. The van der Waals surface area contributed by atoms with Crippen LogP contribution in [0.15, 0.2) is 12.5 Å². The molecule has 8 heteroatoms. The van der Waals surface area contributed by atoms with Gasteiger partial charge in [-0.15, -0.1) is 0 Å².